The van der Waals surface area contributed by atoms with E-state index in [-0.39, 0.29) is 3.60 Å². The van der Waals surface area contributed by atoms with Gasteiger partial charge in [0.15, 0.2) is 0 Å². The molecule has 9 heavy (non-hydrogen) atoms. The second kappa shape index (κ2) is 2.57. The van der Waals surface area contributed by atoms with Gasteiger partial charge in [0.2, 0.25) is 3.60 Å². The van der Waals surface area contributed by atoms with Crippen LogP contribution >= 0.6 is 35.3 Å². The zero-order chi connectivity index (χ0) is 6.16. The van der Waals surface area contributed by atoms with Crippen molar-refractivity contribution in [3.8, 4) is 0 Å². The fraction of sp³-hybridized carbons (Fsp3) is 1.00. The van der Waals surface area contributed by atoms with Gasteiger partial charge in [0.05, 0.1) is 6.61 Å². The second-order valence-corrected chi connectivity index (χ2v) is 6.48. The highest BCUT2D eigenvalue weighted by Crippen LogP contribution is 2.55. The van der Waals surface area contributed by atoms with Gasteiger partial charge < -0.3 is 4.74 Å². The van der Waals surface area contributed by atoms with Crippen molar-refractivity contribution in [3.63, 3.8) is 0 Å². The third kappa shape index (κ3) is 1.23. The Balaban J connectivity index is 2.04. The Morgan fingerprint density at radius 1 is 1.00 bits per heavy atom. The maximum absolute atomic E-state index is 5.59. The van der Waals surface area contributed by atoms with Crippen LogP contribution in [0.3, 0.4) is 0 Å². The Morgan fingerprint density at radius 3 is 2.22 bits per heavy atom. The lowest BCUT2D eigenvalue weighted by Crippen LogP contribution is -2.08. The number of hydrogen-bond acceptors (Lipinski definition) is 4. The van der Waals surface area contributed by atoms with Crippen molar-refractivity contribution in [2.75, 3.05) is 23.9 Å². The summed E-state index contributed by atoms with van der Waals surface area (Å²) < 4.78 is 5.73. The first-order valence-electron chi connectivity index (χ1n) is 2.97. The third-order valence-electron chi connectivity index (χ3n) is 1.28. The van der Waals surface area contributed by atoms with Crippen LogP contribution in [-0.4, -0.2) is 27.5 Å². The highest BCUT2D eigenvalue weighted by Gasteiger charge is 2.40. The Morgan fingerprint density at radius 2 is 1.67 bits per heavy atom. The molecule has 2 rings (SSSR count). The molecule has 52 valence electrons. The molecule has 0 atom stereocenters. The first-order chi connectivity index (χ1) is 4.41. The van der Waals surface area contributed by atoms with E-state index in [2.05, 4.69) is 0 Å². The summed E-state index contributed by atoms with van der Waals surface area (Å²) in [6, 6.07) is 0. The Kier molecular flexibility index (Phi) is 1.91. The van der Waals surface area contributed by atoms with Crippen molar-refractivity contribution >= 4 is 35.3 Å². The summed E-state index contributed by atoms with van der Waals surface area (Å²) in [4.78, 5) is 0. The summed E-state index contributed by atoms with van der Waals surface area (Å²) in [7, 11) is 0. The average molecular weight is 180 g/mol. The largest absolute Gasteiger partial charge is 0.345 e. The molecule has 0 saturated carbocycles. The summed E-state index contributed by atoms with van der Waals surface area (Å²) in [5, 5.41) is 0. The fourth-order valence-corrected chi connectivity index (χ4v) is 5.50. The van der Waals surface area contributed by atoms with Crippen molar-refractivity contribution < 1.29 is 4.74 Å². The van der Waals surface area contributed by atoms with E-state index in [4.69, 9.17) is 4.74 Å². The molecule has 2 heterocycles. The van der Waals surface area contributed by atoms with Gasteiger partial charge in [-0.05, 0) is 0 Å². The number of ether oxygens (including phenoxy) is 1. The van der Waals surface area contributed by atoms with Gasteiger partial charge in [-0.2, -0.15) is 0 Å². The number of rotatable bonds is 0. The second-order valence-electron chi connectivity index (χ2n) is 1.89. The minimum Gasteiger partial charge on any atom is -0.345 e. The molecule has 2 fully saturated rings. The highest BCUT2D eigenvalue weighted by atomic mass is 32.3. The van der Waals surface area contributed by atoms with Gasteiger partial charge in [-0.3, -0.25) is 0 Å². The predicted molar refractivity (Wildman–Crippen MR) is 46.1 cm³/mol. The molecule has 0 aromatic heterocycles. The van der Waals surface area contributed by atoms with Gasteiger partial charge in [-0.25, -0.2) is 0 Å². The van der Waals surface area contributed by atoms with E-state index in [1.54, 1.807) is 0 Å². The van der Waals surface area contributed by atoms with Crippen molar-refractivity contribution in [2.24, 2.45) is 0 Å². The van der Waals surface area contributed by atoms with Crippen molar-refractivity contribution in [2.45, 2.75) is 3.60 Å². The third-order valence-corrected chi connectivity index (χ3v) is 6.26. The molecule has 0 unspecified atom stereocenters. The number of thioether (sulfide) groups is 3. The van der Waals surface area contributed by atoms with Crippen molar-refractivity contribution in [1.82, 2.24) is 0 Å². The van der Waals surface area contributed by atoms with E-state index < -0.39 is 0 Å². The van der Waals surface area contributed by atoms with Crippen LogP contribution in [0.4, 0.5) is 0 Å². The van der Waals surface area contributed by atoms with Crippen molar-refractivity contribution in [1.29, 1.82) is 0 Å². The molecule has 2 aliphatic rings. The summed E-state index contributed by atoms with van der Waals surface area (Å²) in [6.07, 6.45) is 0. The zero-order valence-electron chi connectivity index (χ0n) is 4.96. The summed E-state index contributed by atoms with van der Waals surface area (Å²) in [5.74, 6) is 3.70. The van der Waals surface area contributed by atoms with Gasteiger partial charge >= 0.3 is 0 Å². The quantitative estimate of drug-likeness (QED) is 0.562. The molecule has 0 N–H and O–H groups in total. The van der Waals surface area contributed by atoms with Crippen LogP contribution in [0, 0.1) is 0 Å². The lowest BCUT2D eigenvalue weighted by Gasteiger charge is -2.17. The minimum absolute atomic E-state index is 0.139. The van der Waals surface area contributed by atoms with Crippen LogP contribution in [0.25, 0.3) is 0 Å². The van der Waals surface area contributed by atoms with Crippen LogP contribution in [0.5, 0.6) is 0 Å². The summed E-state index contributed by atoms with van der Waals surface area (Å²) in [5.41, 5.74) is 0. The minimum atomic E-state index is 0.139. The molecule has 0 bridgehead atoms. The van der Waals surface area contributed by atoms with E-state index in [0.717, 1.165) is 6.61 Å². The SMILES string of the molecule is C1CSC2(O1)SCCS2. The van der Waals surface area contributed by atoms with Crippen LogP contribution in [0.2, 0.25) is 0 Å². The normalized spacial score (nSPS) is 32.0. The molecule has 1 spiro atoms. The standard InChI is InChI=1S/C5H8OS3/c1-2-7-5(6-1)8-3-4-9-5/h1-4H2. The maximum atomic E-state index is 5.59. The zero-order valence-corrected chi connectivity index (χ0v) is 7.41. The molecule has 0 aromatic rings. The molecule has 0 amide bonds. The van der Waals surface area contributed by atoms with Gasteiger partial charge in [0, 0.05) is 17.3 Å². The van der Waals surface area contributed by atoms with E-state index in [1.807, 2.05) is 35.3 Å². The Labute approximate surface area is 67.7 Å². The lowest BCUT2D eigenvalue weighted by atomic mass is 10.9. The van der Waals surface area contributed by atoms with Gasteiger partial charge in [0.1, 0.15) is 0 Å². The lowest BCUT2D eigenvalue weighted by molar-refractivity contribution is 0.178. The first-order valence-corrected chi connectivity index (χ1v) is 5.93. The molecular weight excluding hydrogens is 172 g/mol. The molecule has 0 aromatic carbocycles. The monoisotopic (exact) mass is 180 g/mol. The molecule has 2 saturated heterocycles. The molecule has 1 nitrogen and oxygen atoms in total. The van der Waals surface area contributed by atoms with E-state index in [0.29, 0.717) is 0 Å². The van der Waals surface area contributed by atoms with Crippen LogP contribution in [-0.2, 0) is 4.74 Å². The van der Waals surface area contributed by atoms with Gasteiger partial charge in [-0.15, -0.1) is 35.3 Å². The van der Waals surface area contributed by atoms with Crippen LogP contribution in [0.1, 0.15) is 0 Å². The van der Waals surface area contributed by atoms with E-state index in [9.17, 15) is 0 Å². The molecule has 4 heteroatoms. The smallest absolute Gasteiger partial charge is 0.208 e. The topological polar surface area (TPSA) is 9.23 Å². The average Bonchev–Trinajstić information content (AvgIpc) is 2.45. The van der Waals surface area contributed by atoms with E-state index in [1.165, 1.54) is 17.3 Å². The van der Waals surface area contributed by atoms with Crippen LogP contribution < -0.4 is 0 Å². The molecule has 0 aliphatic carbocycles. The van der Waals surface area contributed by atoms with Gasteiger partial charge in [-0.1, -0.05) is 0 Å². The Bertz CT molecular complexity index is 87.3. The van der Waals surface area contributed by atoms with Crippen molar-refractivity contribution in [3.05, 3.63) is 0 Å². The van der Waals surface area contributed by atoms with E-state index >= 15 is 0 Å². The summed E-state index contributed by atoms with van der Waals surface area (Å²) in [6.45, 7) is 0.949. The first kappa shape index (κ1) is 6.70. The predicted octanol–water partition coefficient (Wildman–Crippen LogP) is 1.84. The maximum Gasteiger partial charge on any atom is 0.208 e. The molecule has 0 radical (unpaired) electrons. The Hall–Kier alpha value is 1.01. The number of hydrogen-bond donors (Lipinski definition) is 0. The van der Waals surface area contributed by atoms with Gasteiger partial charge in [0.25, 0.3) is 0 Å². The molecule has 2 aliphatic heterocycles. The highest BCUT2D eigenvalue weighted by molar-refractivity contribution is 8.35. The summed E-state index contributed by atoms with van der Waals surface area (Å²) >= 11 is 5.87. The van der Waals surface area contributed by atoms with Crippen LogP contribution in [0.15, 0.2) is 0 Å². The fourth-order valence-electron chi connectivity index (χ4n) is 0.917. The molecular formula is C5H8OS3.